The van der Waals surface area contributed by atoms with Crippen LogP contribution in [-0.2, 0) is 14.6 Å². The molecule has 0 radical (unpaired) electrons. The Bertz CT molecular complexity index is 768. The van der Waals surface area contributed by atoms with Gasteiger partial charge in [-0.15, -0.1) is 0 Å². The minimum absolute atomic E-state index is 0.0219. The molecule has 1 unspecified atom stereocenters. The molecule has 0 bridgehead atoms. The number of carbonyl (C=O) groups is 1. The Balaban J connectivity index is 1.84. The molecule has 3 rings (SSSR count). The van der Waals surface area contributed by atoms with Crippen LogP contribution in [0.5, 0.6) is 5.75 Å². The lowest BCUT2D eigenvalue weighted by molar-refractivity contribution is -0.123. The summed E-state index contributed by atoms with van der Waals surface area (Å²) in [6, 6.07) is 6.11. The van der Waals surface area contributed by atoms with Gasteiger partial charge >= 0.3 is 0 Å². The van der Waals surface area contributed by atoms with Crippen LogP contribution in [0.25, 0.3) is 6.08 Å². The molecule has 1 aromatic carbocycles. The molecule has 2 heterocycles. The van der Waals surface area contributed by atoms with Crippen LogP contribution in [0.4, 0.5) is 0 Å². The summed E-state index contributed by atoms with van der Waals surface area (Å²) in [5.41, 5.74) is 0.775. The molecule has 5 nitrogen and oxygen atoms in total. The molecular formula is C14H13NO4S3. The molecule has 0 aliphatic carbocycles. The average molecular weight is 355 g/mol. The molecule has 1 N–H and O–H groups in total. The quantitative estimate of drug-likeness (QED) is 0.644. The Hall–Kier alpha value is -1.38. The SMILES string of the molecule is O=C1C(=Cc2ccc(O)cc2)SC(=S)N1C1CCS(=O)(=O)C1. The second kappa shape index (κ2) is 5.68. The standard InChI is InChI=1S/C14H13NO4S3/c16-11-3-1-9(2-4-11)7-12-13(17)15(14(20)21-12)10-5-6-22(18,19)8-10/h1-4,7,10,16H,5-6,8H2. The number of amides is 1. The third-order valence-corrected chi connectivity index (χ3v) is 6.67. The average Bonchev–Trinajstić information content (AvgIpc) is 2.93. The van der Waals surface area contributed by atoms with Gasteiger partial charge in [-0.3, -0.25) is 9.69 Å². The van der Waals surface area contributed by atoms with Gasteiger partial charge in [0, 0.05) is 0 Å². The number of thioether (sulfide) groups is 1. The zero-order valence-corrected chi connectivity index (χ0v) is 13.9. The molecule has 1 aromatic rings. The largest absolute Gasteiger partial charge is 0.508 e. The summed E-state index contributed by atoms with van der Waals surface area (Å²) < 4.78 is 23.6. The number of rotatable bonds is 2. The predicted molar refractivity (Wildman–Crippen MR) is 90.2 cm³/mol. The molecule has 1 amide bonds. The van der Waals surface area contributed by atoms with Gasteiger partial charge in [0.25, 0.3) is 5.91 Å². The van der Waals surface area contributed by atoms with E-state index in [0.717, 1.165) is 5.56 Å². The minimum atomic E-state index is -3.07. The van der Waals surface area contributed by atoms with E-state index < -0.39 is 9.84 Å². The number of carbonyl (C=O) groups excluding carboxylic acids is 1. The summed E-state index contributed by atoms with van der Waals surface area (Å²) >= 11 is 6.42. The number of sulfone groups is 1. The maximum absolute atomic E-state index is 12.5. The molecule has 2 aliphatic heterocycles. The van der Waals surface area contributed by atoms with E-state index in [1.807, 2.05) is 0 Å². The summed E-state index contributed by atoms with van der Waals surface area (Å²) in [7, 11) is -3.07. The van der Waals surface area contributed by atoms with E-state index in [1.165, 1.54) is 28.8 Å². The van der Waals surface area contributed by atoms with Gasteiger partial charge in [0.1, 0.15) is 10.1 Å². The highest BCUT2D eigenvalue weighted by molar-refractivity contribution is 8.26. The van der Waals surface area contributed by atoms with Gasteiger partial charge in [0.05, 0.1) is 22.5 Å². The summed E-state index contributed by atoms with van der Waals surface area (Å²) in [5, 5.41) is 9.27. The maximum Gasteiger partial charge on any atom is 0.266 e. The summed E-state index contributed by atoms with van der Waals surface area (Å²) in [4.78, 5) is 14.4. The van der Waals surface area contributed by atoms with Crippen molar-refractivity contribution in [2.45, 2.75) is 12.5 Å². The highest BCUT2D eigenvalue weighted by Gasteiger charge is 2.41. The molecule has 1 atom stereocenters. The summed E-state index contributed by atoms with van der Waals surface area (Å²) in [5.74, 6) is -0.0106. The molecule has 0 spiro atoms. The first-order chi connectivity index (χ1) is 10.4. The fraction of sp³-hybridized carbons (Fsp3) is 0.286. The van der Waals surface area contributed by atoms with Crippen LogP contribution >= 0.6 is 24.0 Å². The smallest absolute Gasteiger partial charge is 0.266 e. The van der Waals surface area contributed by atoms with Crippen molar-refractivity contribution in [3.8, 4) is 5.75 Å². The summed E-state index contributed by atoms with van der Waals surface area (Å²) in [6.45, 7) is 0. The first-order valence-corrected chi connectivity index (χ1v) is 9.67. The van der Waals surface area contributed by atoms with Gasteiger partial charge in [-0.05, 0) is 30.2 Å². The number of nitrogens with zero attached hydrogens (tertiary/aromatic N) is 1. The van der Waals surface area contributed by atoms with Crippen molar-refractivity contribution in [3.05, 3.63) is 34.7 Å². The molecule has 2 saturated heterocycles. The zero-order chi connectivity index (χ0) is 15.9. The van der Waals surface area contributed by atoms with Gasteiger partial charge in [0.2, 0.25) is 0 Å². The monoisotopic (exact) mass is 355 g/mol. The van der Waals surface area contributed by atoms with Gasteiger partial charge in [-0.25, -0.2) is 8.42 Å². The van der Waals surface area contributed by atoms with E-state index in [-0.39, 0.29) is 29.2 Å². The molecule has 0 saturated carbocycles. The highest BCUT2D eigenvalue weighted by Crippen LogP contribution is 2.36. The number of phenolic OH excluding ortho intramolecular Hbond substituents is 1. The lowest BCUT2D eigenvalue weighted by Gasteiger charge is -2.20. The third kappa shape index (κ3) is 3.04. The molecule has 22 heavy (non-hydrogen) atoms. The van der Waals surface area contributed by atoms with E-state index in [4.69, 9.17) is 12.2 Å². The number of aromatic hydroxyl groups is 1. The van der Waals surface area contributed by atoms with Crippen LogP contribution in [0.15, 0.2) is 29.2 Å². The van der Waals surface area contributed by atoms with Crippen LogP contribution in [0.1, 0.15) is 12.0 Å². The van der Waals surface area contributed by atoms with E-state index in [2.05, 4.69) is 0 Å². The molecule has 116 valence electrons. The minimum Gasteiger partial charge on any atom is -0.508 e. The normalized spacial score (nSPS) is 26.1. The number of thiocarbonyl (C=S) groups is 1. The van der Waals surface area contributed by atoms with Crippen LogP contribution in [-0.4, -0.2) is 46.2 Å². The van der Waals surface area contributed by atoms with E-state index >= 15 is 0 Å². The van der Waals surface area contributed by atoms with Crippen LogP contribution < -0.4 is 0 Å². The first-order valence-electron chi connectivity index (χ1n) is 6.62. The molecule has 2 aliphatic rings. The topological polar surface area (TPSA) is 74.7 Å². The number of hydrogen-bond donors (Lipinski definition) is 1. The third-order valence-electron chi connectivity index (χ3n) is 3.59. The van der Waals surface area contributed by atoms with Gasteiger partial charge in [-0.2, -0.15) is 0 Å². The second-order valence-corrected chi connectivity index (χ2v) is 9.10. The first kappa shape index (κ1) is 15.5. The van der Waals surface area contributed by atoms with Crippen LogP contribution in [0, 0.1) is 0 Å². The molecule has 2 fully saturated rings. The maximum atomic E-state index is 12.5. The lowest BCUT2D eigenvalue weighted by Crippen LogP contribution is -2.39. The van der Waals surface area contributed by atoms with E-state index in [9.17, 15) is 18.3 Å². The van der Waals surface area contributed by atoms with Crippen molar-refractivity contribution in [1.29, 1.82) is 0 Å². The van der Waals surface area contributed by atoms with Gasteiger partial charge in [0.15, 0.2) is 9.84 Å². The van der Waals surface area contributed by atoms with E-state index in [1.54, 1.807) is 18.2 Å². The lowest BCUT2D eigenvalue weighted by atomic mass is 10.2. The Kier molecular flexibility index (Phi) is 4.00. The van der Waals surface area contributed by atoms with Crippen molar-refractivity contribution in [3.63, 3.8) is 0 Å². The Morgan fingerprint density at radius 3 is 2.59 bits per heavy atom. The molecule has 0 aromatic heterocycles. The van der Waals surface area contributed by atoms with Gasteiger partial charge in [-0.1, -0.05) is 36.1 Å². The Morgan fingerprint density at radius 1 is 1.32 bits per heavy atom. The van der Waals surface area contributed by atoms with Crippen molar-refractivity contribution in [2.24, 2.45) is 0 Å². The summed E-state index contributed by atoms with van der Waals surface area (Å²) in [6.07, 6.45) is 2.13. The Labute approximate surface area is 137 Å². The number of phenols is 1. The van der Waals surface area contributed by atoms with Crippen LogP contribution in [0.3, 0.4) is 0 Å². The van der Waals surface area contributed by atoms with Crippen molar-refractivity contribution in [1.82, 2.24) is 4.90 Å². The second-order valence-electron chi connectivity index (χ2n) is 5.20. The van der Waals surface area contributed by atoms with Crippen LogP contribution in [0.2, 0.25) is 0 Å². The van der Waals surface area contributed by atoms with Crippen molar-refractivity contribution in [2.75, 3.05) is 11.5 Å². The molecular weight excluding hydrogens is 342 g/mol. The zero-order valence-electron chi connectivity index (χ0n) is 11.4. The van der Waals surface area contributed by atoms with Crippen molar-refractivity contribution >= 4 is 50.1 Å². The fourth-order valence-electron chi connectivity index (χ4n) is 2.50. The highest BCUT2D eigenvalue weighted by atomic mass is 32.2. The van der Waals surface area contributed by atoms with E-state index in [0.29, 0.717) is 15.6 Å². The number of benzene rings is 1. The predicted octanol–water partition coefficient (Wildman–Crippen LogP) is 1.78. The Morgan fingerprint density at radius 2 is 2.00 bits per heavy atom. The fourth-order valence-corrected chi connectivity index (χ4v) is 5.60. The molecule has 8 heteroatoms. The number of hydrogen-bond acceptors (Lipinski definition) is 6. The van der Waals surface area contributed by atoms with Crippen molar-refractivity contribution < 1.29 is 18.3 Å². The van der Waals surface area contributed by atoms with Gasteiger partial charge < -0.3 is 5.11 Å².